The van der Waals surface area contributed by atoms with Crippen LogP contribution >= 0.6 is 11.8 Å². The molecule has 151 valence electrons. The van der Waals surface area contributed by atoms with Gasteiger partial charge in [0.25, 0.3) is 5.91 Å². The number of ether oxygens (including phenoxy) is 1. The van der Waals surface area contributed by atoms with E-state index < -0.39 is 28.9 Å². The maximum atomic E-state index is 13.0. The maximum absolute atomic E-state index is 13.0. The maximum Gasteiger partial charge on any atom is 0.327 e. The Morgan fingerprint density at radius 2 is 2.07 bits per heavy atom. The number of nitrogens with zero attached hydrogens (tertiary/aromatic N) is 1. The van der Waals surface area contributed by atoms with E-state index in [0.29, 0.717) is 6.61 Å². The molecule has 7 nitrogen and oxygen atoms in total. The van der Waals surface area contributed by atoms with E-state index in [1.165, 1.54) is 16.7 Å². The fourth-order valence-electron chi connectivity index (χ4n) is 4.33. The van der Waals surface area contributed by atoms with Crippen LogP contribution in [-0.4, -0.2) is 86.2 Å². The zero-order chi connectivity index (χ0) is 20.2. The van der Waals surface area contributed by atoms with Crippen molar-refractivity contribution < 1.29 is 24.2 Å². The number of carboxylic acids is 1. The minimum absolute atomic E-state index is 0. The van der Waals surface area contributed by atoms with Crippen molar-refractivity contribution in [2.45, 2.75) is 61.9 Å². The van der Waals surface area contributed by atoms with Crippen LogP contribution in [0.3, 0.4) is 0 Å². The summed E-state index contributed by atoms with van der Waals surface area (Å²) in [5.41, 5.74) is 2.99. The van der Waals surface area contributed by atoms with Crippen molar-refractivity contribution >= 4 is 59.1 Å². The third kappa shape index (κ3) is 3.85. The third-order valence-corrected chi connectivity index (χ3v) is 7.24. The van der Waals surface area contributed by atoms with Crippen molar-refractivity contribution in [1.29, 1.82) is 0 Å². The topological polar surface area (TPSA) is 95.9 Å². The van der Waals surface area contributed by atoms with Gasteiger partial charge in [-0.25, -0.2) is 4.79 Å². The van der Waals surface area contributed by atoms with Gasteiger partial charge in [-0.1, -0.05) is 23.8 Å². The van der Waals surface area contributed by atoms with E-state index in [0.717, 1.165) is 29.5 Å². The predicted molar refractivity (Wildman–Crippen MR) is 110 cm³/mol. The summed E-state index contributed by atoms with van der Waals surface area (Å²) in [6, 6.07) is 4.41. The van der Waals surface area contributed by atoms with Gasteiger partial charge in [0.15, 0.2) is 6.10 Å². The van der Waals surface area contributed by atoms with Crippen LogP contribution in [0.25, 0.3) is 0 Å². The van der Waals surface area contributed by atoms with Gasteiger partial charge < -0.3 is 20.1 Å². The van der Waals surface area contributed by atoms with Crippen LogP contribution in [0.4, 0.5) is 0 Å². The summed E-state index contributed by atoms with van der Waals surface area (Å²) in [5, 5.41) is 12.0. The zero-order valence-corrected chi connectivity index (χ0v) is 19.9. The van der Waals surface area contributed by atoms with Gasteiger partial charge in [0.2, 0.25) is 5.91 Å². The van der Waals surface area contributed by atoms with Crippen molar-refractivity contribution in [3.63, 3.8) is 0 Å². The molecular formula is C20H24N2NaO5S. The van der Waals surface area contributed by atoms with Crippen molar-refractivity contribution in [2.75, 3.05) is 6.61 Å². The number of thioether (sulfide) groups is 1. The molecule has 3 heterocycles. The van der Waals surface area contributed by atoms with Gasteiger partial charge in [-0.2, -0.15) is 0 Å². The first-order valence-electron chi connectivity index (χ1n) is 9.45. The number of rotatable bonds is 3. The molecule has 1 aromatic rings. The van der Waals surface area contributed by atoms with E-state index in [1.54, 1.807) is 0 Å². The summed E-state index contributed by atoms with van der Waals surface area (Å²) in [6.07, 6.45) is 0.930. The number of aliphatic carboxylic acids is 1. The van der Waals surface area contributed by atoms with Gasteiger partial charge in [0.05, 0.1) is 0 Å². The number of hydrogen-bond acceptors (Lipinski definition) is 5. The average molecular weight is 427 g/mol. The van der Waals surface area contributed by atoms with Gasteiger partial charge in [-0.15, -0.1) is 11.8 Å². The molecule has 2 fully saturated rings. The fraction of sp³-hybridized carbons (Fsp3) is 0.550. The standard InChI is InChI=1S/C20H24N2O5S.Na/c1-10-6-7-11-5-4-8-27-14(12(11)9-10)16(23)21-13-17(24)22-15(19(25)26)20(2,3)28-18(13)22;/h6-7,9,13-15,18H,4-5,8H2,1-3H3,(H,21,23)(H,25,26);/t13-,14?,15+,18-;/m1./s1. The normalized spacial score (nSPS) is 29.6. The van der Waals surface area contributed by atoms with Crippen LogP contribution in [0.2, 0.25) is 0 Å². The Balaban J connectivity index is 0.00000240. The Hall–Kier alpha value is -1.06. The molecule has 1 unspecified atom stereocenters. The van der Waals surface area contributed by atoms with Crippen LogP contribution in [0.5, 0.6) is 0 Å². The van der Waals surface area contributed by atoms with Crippen molar-refractivity contribution in [1.82, 2.24) is 10.2 Å². The quantitative estimate of drug-likeness (QED) is 0.557. The summed E-state index contributed by atoms with van der Waals surface area (Å²) < 4.78 is 5.21. The predicted octanol–water partition coefficient (Wildman–Crippen LogP) is 1.25. The molecule has 2 amide bonds. The number of fused-ring (bicyclic) bond motifs is 2. The molecule has 9 heteroatoms. The van der Waals surface area contributed by atoms with E-state index in [-0.39, 0.29) is 46.7 Å². The molecule has 29 heavy (non-hydrogen) atoms. The van der Waals surface area contributed by atoms with Gasteiger partial charge in [-0.3, -0.25) is 9.59 Å². The van der Waals surface area contributed by atoms with Crippen molar-refractivity contribution in [3.8, 4) is 0 Å². The average Bonchev–Trinajstić information content (AvgIpc) is 2.75. The molecule has 1 radical (unpaired) electrons. The van der Waals surface area contributed by atoms with Gasteiger partial charge in [0, 0.05) is 40.9 Å². The zero-order valence-electron chi connectivity index (χ0n) is 17.1. The van der Waals surface area contributed by atoms with Crippen LogP contribution in [-0.2, 0) is 25.5 Å². The van der Waals surface area contributed by atoms with Gasteiger partial charge >= 0.3 is 5.97 Å². The van der Waals surface area contributed by atoms with E-state index in [4.69, 9.17) is 4.74 Å². The molecule has 4 atom stereocenters. The number of carbonyl (C=O) groups excluding carboxylic acids is 2. The summed E-state index contributed by atoms with van der Waals surface area (Å²) >= 11 is 1.42. The largest absolute Gasteiger partial charge is 0.480 e. The first-order valence-corrected chi connectivity index (χ1v) is 10.3. The Kier molecular flexibility index (Phi) is 6.42. The van der Waals surface area contributed by atoms with Gasteiger partial charge in [0.1, 0.15) is 17.5 Å². The SMILES string of the molecule is Cc1ccc2c(c1)C(C(=O)N[C@@H]1C(=O)N3[C@@H]1SC(C)(C)[C@@H]3C(=O)O)OCCC2.[Na]. The van der Waals surface area contributed by atoms with Crippen LogP contribution in [0, 0.1) is 6.92 Å². The molecule has 3 aliphatic rings. The molecule has 0 aliphatic carbocycles. The molecule has 1 aromatic carbocycles. The van der Waals surface area contributed by atoms with Crippen molar-refractivity contribution in [3.05, 3.63) is 34.9 Å². The molecule has 2 saturated heterocycles. The number of carboxylic acid groups (broad SMARTS) is 1. The Morgan fingerprint density at radius 1 is 1.34 bits per heavy atom. The first kappa shape index (κ1) is 22.6. The smallest absolute Gasteiger partial charge is 0.327 e. The number of carbonyl (C=O) groups is 3. The Labute approximate surface area is 196 Å². The number of β-lactam (4-membered cyclic amide) rings is 1. The summed E-state index contributed by atoms with van der Waals surface area (Å²) in [5.74, 6) is -1.71. The second-order valence-corrected chi connectivity index (χ2v) is 9.91. The molecule has 0 aromatic heterocycles. The number of aryl methyl sites for hydroxylation is 2. The molecule has 2 N–H and O–H groups in total. The number of amides is 2. The van der Waals surface area contributed by atoms with E-state index >= 15 is 0 Å². The summed E-state index contributed by atoms with van der Waals surface area (Å²) in [6.45, 7) is 6.07. The molecule has 3 aliphatic heterocycles. The Morgan fingerprint density at radius 3 is 2.76 bits per heavy atom. The molecule has 4 rings (SSSR count). The molecule has 0 saturated carbocycles. The second-order valence-electron chi connectivity index (χ2n) is 8.14. The van der Waals surface area contributed by atoms with Gasteiger partial charge in [-0.05, 0) is 44.7 Å². The van der Waals surface area contributed by atoms with Crippen LogP contribution < -0.4 is 5.32 Å². The summed E-state index contributed by atoms with van der Waals surface area (Å²) in [7, 11) is 0. The second kappa shape index (κ2) is 8.23. The van der Waals surface area contributed by atoms with Crippen LogP contribution in [0.15, 0.2) is 18.2 Å². The van der Waals surface area contributed by atoms with E-state index in [2.05, 4.69) is 5.32 Å². The molecule has 0 spiro atoms. The fourth-order valence-corrected chi connectivity index (χ4v) is 5.96. The molecular weight excluding hydrogens is 403 g/mol. The number of hydrogen-bond donors (Lipinski definition) is 2. The third-order valence-electron chi connectivity index (χ3n) is 5.67. The minimum atomic E-state index is -1.02. The monoisotopic (exact) mass is 427 g/mol. The number of nitrogens with one attached hydrogen (secondary N) is 1. The Bertz CT molecular complexity index is 861. The van der Waals surface area contributed by atoms with Crippen molar-refractivity contribution in [2.24, 2.45) is 0 Å². The molecule has 0 bridgehead atoms. The number of benzene rings is 1. The summed E-state index contributed by atoms with van der Waals surface area (Å²) in [4.78, 5) is 38.6. The minimum Gasteiger partial charge on any atom is -0.480 e. The van der Waals surface area contributed by atoms with Crippen LogP contribution in [0.1, 0.15) is 43.1 Å². The van der Waals surface area contributed by atoms with E-state index in [1.807, 2.05) is 39.0 Å². The van der Waals surface area contributed by atoms with E-state index in [9.17, 15) is 19.5 Å². The first-order chi connectivity index (χ1) is 13.2.